The molecule has 2 aromatic rings. The van der Waals surface area contributed by atoms with E-state index < -0.39 is 16.4 Å². The summed E-state index contributed by atoms with van der Waals surface area (Å²) >= 11 is 5.81. The lowest BCUT2D eigenvalue weighted by molar-refractivity contribution is -0.387. The zero-order valence-electron chi connectivity index (χ0n) is 11.1. The van der Waals surface area contributed by atoms with E-state index in [2.05, 4.69) is 0 Å². The maximum absolute atomic E-state index is 13.5. The molecule has 2 aromatic carbocycles. The minimum atomic E-state index is -0.837. The normalized spacial score (nSPS) is 12.1. The predicted octanol–water partition coefficient (Wildman–Crippen LogP) is 3.50. The highest BCUT2D eigenvalue weighted by atomic mass is 35.5. The first-order valence-corrected chi connectivity index (χ1v) is 6.76. The van der Waals surface area contributed by atoms with Gasteiger partial charge in [0.15, 0.2) is 0 Å². The Balaban J connectivity index is 2.02. The fourth-order valence-electron chi connectivity index (χ4n) is 2.12. The zero-order chi connectivity index (χ0) is 15.4. The van der Waals surface area contributed by atoms with Crippen molar-refractivity contribution in [2.75, 3.05) is 0 Å². The lowest BCUT2D eigenvalue weighted by atomic mass is 9.99. The number of hydrogen-bond donors (Lipinski definition) is 1. The fraction of sp³-hybridized carbons (Fsp3) is 0.200. The van der Waals surface area contributed by atoms with Gasteiger partial charge in [-0.25, -0.2) is 0 Å². The second-order valence-electron chi connectivity index (χ2n) is 4.84. The lowest BCUT2D eigenvalue weighted by Crippen LogP contribution is -2.25. The van der Waals surface area contributed by atoms with Gasteiger partial charge < -0.3 is 5.73 Å². The Hall–Kier alpha value is -1.98. The van der Waals surface area contributed by atoms with E-state index in [0.717, 1.165) is 5.56 Å². The van der Waals surface area contributed by atoms with Crippen LogP contribution in [0.3, 0.4) is 0 Å². The Morgan fingerprint density at radius 3 is 2.29 bits per heavy atom. The van der Waals surface area contributed by atoms with Crippen LogP contribution in [-0.2, 0) is 12.8 Å². The monoisotopic (exact) mass is 308 g/mol. The molecule has 0 amide bonds. The van der Waals surface area contributed by atoms with Gasteiger partial charge in [0.2, 0.25) is 5.82 Å². The van der Waals surface area contributed by atoms with Crippen molar-refractivity contribution in [3.63, 3.8) is 0 Å². The summed E-state index contributed by atoms with van der Waals surface area (Å²) in [6, 6.07) is 11.0. The van der Waals surface area contributed by atoms with Crippen molar-refractivity contribution in [1.82, 2.24) is 0 Å². The minimum Gasteiger partial charge on any atom is -0.327 e. The van der Waals surface area contributed by atoms with Crippen molar-refractivity contribution in [3.05, 3.63) is 74.5 Å². The molecule has 110 valence electrons. The first-order valence-electron chi connectivity index (χ1n) is 6.38. The van der Waals surface area contributed by atoms with Gasteiger partial charge in [-0.2, -0.15) is 4.39 Å². The molecule has 0 heterocycles. The minimum absolute atomic E-state index is 0.202. The van der Waals surface area contributed by atoms with Crippen LogP contribution in [0.1, 0.15) is 11.1 Å². The molecule has 2 rings (SSSR count). The third-order valence-electron chi connectivity index (χ3n) is 3.12. The van der Waals surface area contributed by atoms with E-state index in [0.29, 0.717) is 23.4 Å². The second-order valence-corrected chi connectivity index (χ2v) is 5.27. The highest BCUT2D eigenvalue weighted by Gasteiger charge is 2.15. The average molecular weight is 309 g/mol. The van der Waals surface area contributed by atoms with Crippen LogP contribution in [-0.4, -0.2) is 11.0 Å². The molecule has 0 bridgehead atoms. The number of nitro groups is 1. The molecule has 0 saturated carbocycles. The van der Waals surface area contributed by atoms with Crippen LogP contribution >= 0.6 is 11.6 Å². The number of benzene rings is 2. The van der Waals surface area contributed by atoms with Crippen molar-refractivity contribution in [1.29, 1.82) is 0 Å². The van der Waals surface area contributed by atoms with E-state index >= 15 is 0 Å². The molecule has 0 aliphatic rings. The molecule has 0 radical (unpaired) electrons. The van der Waals surface area contributed by atoms with Gasteiger partial charge in [0.25, 0.3) is 0 Å². The van der Waals surface area contributed by atoms with Gasteiger partial charge >= 0.3 is 5.69 Å². The van der Waals surface area contributed by atoms with Gasteiger partial charge in [-0.05, 0) is 42.2 Å². The Bertz CT molecular complexity index is 647. The van der Waals surface area contributed by atoms with Crippen LogP contribution in [0.2, 0.25) is 5.02 Å². The first-order chi connectivity index (χ1) is 9.95. The van der Waals surface area contributed by atoms with Gasteiger partial charge in [0.05, 0.1) is 4.92 Å². The molecule has 4 nitrogen and oxygen atoms in total. The molecular weight excluding hydrogens is 295 g/mol. The zero-order valence-corrected chi connectivity index (χ0v) is 11.9. The van der Waals surface area contributed by atoms with E-state index in [-0.39, 0.29) is 6.04 Å². The Labute approximate surface area is 126 Å². The van der Waals surface area contributed by atoms with Gasteiger partial charge in [0.1, 0.15) is 0 Å². The van der Waals surface area contributed by atoms with Gasteiger partial charge in [0, 0.05) is 17.1 Å². The van der Waals surface area contributed by atoms with E-state index in [4.69, 9.17) is 17.3 Å². The Kier molecular flexibility index (Phi) is 4.88. The van der Waals surface area contributed by atoms with E-state index in [9.17, 15) is 14.5 Å². The molecule has 21 heavy (non-hydrogen) atoms. The molecule has 0 aliphatic carbocycles. The average Bonchev–Trinajstić information content (AvgIpc) is 2.41. The number of nitrogens with zero attached hydrogens (tertiary/aromatic N) is 1. The van der Waals surface area contributed by atoms with Gasteiger partial charge in [-0.15, -0.1) is 0 Å². The molecule has 6 heteroatoms. The summed E-state index contributed by atoms with van der Waals surface area (Å²) in [6.07, 6.45) is 1.06. The first kappa shape index (κ1) is 15.4. The summed E-state index contributed by atoms with van der Waals surface area (Å²) in [5.74, 6) is -0.837. The fourth-order valence-corrected chi connectivity index (χ4v) is 2.25. The van der Waals surface area contributed by atoms with Crippen LogP contribution in [0.5, 0.6) is 0 Å². The molecule has 0 saturated heterocycles. The van der Waals surface area contributed by atoms with Crippen molar-refractivity contribution in [2.24, 2.45) is 5.73 Å². The highest BCUT2D eigenvalue weighted by Crippen LogP contribution is 2.19. The number of nitrogens with two attached hydrogens (primary N) is 1. The summed E-state index contributed by atoms with van der Waals surface area (Å²) in [5, 5.41) is 11.2. The third kappa shape index (κ3) is 4.24. The molecule has 0 fully saturated rings. The van der Waals surface area contributed by atoms with Crippen LogP contribution < -0.4 is 5.73 Å². The second kappa shape index (κ2) is 6.65. The predicted molar refractivity (Wildman–Crippen MR) is 79.9 cm³/mol. The third-order valence-corrected chi connectivity index (χ3v) is 3.37. The SMILES string of the molecule is NC(Cc1ccc(Cl)cc1)Cc1ccc([N+](=O)[O-])c(F)c1. The number of hydrogen-bond acceptors (Lipinski definition) is 3. The van der Waals surface area contributed by atoms with Crippen LogP contribution in [0.25, 0.3) is 0 Å². The molecule has 1 atom stereocenters. The van der Waals surface area contributed by atoms with E-state index in [1.54, 1.807) is 12.1 Å². The topological polar surface area (TPSA) is 69.2 Å². The molecular formula is C15H14ClFN2O2. The van der Waals surface area contributed by atoms with Crippen molar-refractivity contribution in [3.8, 4) is 0 Å². The molecule has 2 N–H and O–H groups in total. The molecule has 0 aromatic heterocycles. The van der Waals surface area contributed by atoms with Crippen molar-refractivity contribution >= 4 is 17.3 Å². The quantitative estimate of drug-likeness (QED) is 0.679. The number of nitro benzene ring substituents is 1. The summed E-state index contributed by atoms with van der Waals surface area (Å²) < 4.78 is 13.5. The molecule has 0 spiro atoms. The van der Waals surface area contributed by atoms with Crippen LogP contribution in [0.15, 0.2) is 42.5 Å². The maximum atomic E-state index is 13.5. The number of halogens is 2. The van der Waals surface area contributed by atoms with Crippen molar-refractivity contribution < 1.29 is 9.31 Å². The summed E-state index contributed by atoms with van der Waals surface area (Å²) in [7, 11) is 0. The number of rotatable bonds is 5. The summed E-state index contributed by atoms with van der Waals surface area (Å²) in [5.41, 5.74) is 7.19. The maximum Gasteiger partial charge on any atom is 0.304 e. The molecule has 0 aliphatic heterocycles. The van der Waals surface area contributed by atoms with Gasteiger partial charge in [-0.1, -0.05) is 29.8 Å². The van der Waals surface area contributed by atoms with Crippen LogP contribution in [0.4, 0.5) is 10.1 Å². The molecule has 1 unspecified atom stereocenters. The Morgan fingerprint density at radius 1 is 1.14 bits per heavy atom. The Morgan fingerprint density at radius 2 is 1.71 bits per heavy atom. The standard InChI is InChI=1S/C15H14ClFN2O2/c16-12-4-1-10(2-5-12)7-13(18)8-11-3-6-15(19(20)21)14(17)9-11/h1-6,9,13H,7-8,18H2. The largest absolute Gasteiger partial charge is 0.327 e. The van der Waals surface area contributed by atoms with Gasteiger partial charge in [-0.3, -0.25) is 10.1 Å². The van der Waals surface area contributed by atoms with Crippen molar-refractivity contribution in [2.45, 2.75) is 18.9 Å². The van der Waals surface area contributed by atoms with E-state index in [1.165, 1.54) is 18.2 Å². The smallest absolute Gasteiger partial charge is 0.304 e. The highest BCUT2D eigenvalue weighted by molar-refractivity contribution is 6.30. The van der Waals surface area contributed by atoms with E-state index in [1.807, 2.05) is 12.1 Å². The van der Waals surface area contributed by atoms with Crippen LogP contribution in [0, 0.1) is 15.9 Å². The summed E-state index contributed by atoms with van der Waals surface area (Å²) in [4.78, 5) is 9.81. The summed E-state index contributed by atoms with van der Waals surface area (Å²) in [6.45, 7) is 0. The lowest BCUT2D eigenvalue weighted by Gasteiger charge is -2.12.